The summed E-state index contributed by atoms with van der Waals surface area (Å²) in [5.41, 5.74) is 1.97. The number of fused-ring (bicyclic) bond motifs is 2. The number of aliphatic hydroxyl groups excluding tert-OH is 1. The SMILES string of the molecule is C[C@H]1[C@H]([Si](C)(C)F)[C@@H](CC(=O)N(CCO)Cc2ccccc2)O[C@]12C(=O)N(Cc1cccc(N3CCCCCCC3=O)c1)c1ccccc12. The molecule has 3 aliphatic heterocycles. The molecule has 0 unspecified atom stereocenters. The Labute approximate surface area is 290 Å². The lowest BCUT2D eigenvalue weighted by Crippen LogP contribution is -2.45. The summed E-state index contributed by atoms with van der Waals surface area (Å²) < 4.78 is 23.2. The first-order valence-corrected chi connectivity index (χ1v) is 20.6. The lowest BCUT2D eigenvalue weighted by Gasteiger charge is -2.31. The predicted octanol–water partition coefficient (Wildman–Crippen LogP) is 6.72. The molecule has 6 rings (SSSR count). The third-order valence-corrected chi connectivity index (χ3v) is 13.0. The van der Waals surface area contributed by atoms with E-state index < -0.39 is 31.6 Å². The Balaban J connectivity index is 1.29. The summed E-state index contributed by atoms with van der Waals surface area (Å²) >= 11 is 0. The number of carbonyl (C=O) groups is 3. The lowest BCUT2D eigenvalue weighted by atomic mass is 9.82. The number of para-hydroxylation sites is 1. The summed E-state index contributed by atoms with van der Waals surface area (Å²) in [5, 5.41) is 9.79. The van der Waals surface area contributed by atoms with E-state index in [-0.39, 0.29) is 43.8 Å². The third kappa shape index (κ3) is 6.96. The van der Waals surface area contributed by atoms with Gasteiger partial charge in [-0.25, -0.2) is 0 Å². The van der Waals surface area contributed by atoms with Gasteiger partial charge < -0.3 is 28.7 Å². The highest BCUT2D eigenvalue weighted by atomic mass is 28.4. The fourth-order valence-corrected chi connectivity index (χ4v) is 10.8. The first kappa shape index (κ1) is 35.0. The number of amides is 3. The Bertz CT molecular complexity index is 1670. The second kappa shape index (κ2) is 14.5. The monoisotopic (exact) mass is 685 g/mol. The molecule has 8 nitrogen and oxygen atoms in total. The minimum Gasteiger partial charge on any atom is -0.395 e. The van der Waals surface area contributed by atoms with Crippen LogP contribution in [-0.2, 0) is 37.8 Å². The van der Waals surface area contributed by atoms with Crippen molar-refractivity contribution in [1.82, 2.24) is 4.90 Å². The molecule has 49 heavy (non-hydrogen) atoms. The molecule has 0 radical (unpaired) electrons. The number of benzene rings is 3. The van der Waals surface area contributed by atoms with Crippen LogP contribution in [0, 0.1) is 5.92 Å². The predicted molar refractivity (Wildman–Crippen MR) is 191 cm³/mol. The van der Waals surface area contributed by atoms with Crippen molar-refractivity contribution in [3.05, 3.63) is 95.6 Å². The van der Waals surface area contributed by atoms with Gasteiger partial charge in [-0.3, -0.25) is 14.4 Å². The lowest BCUT2D eigenvalue weighted by molar-refractivity contribution is -0.150. The zero-order valence-corrected chi connectivity index (χ0v) is 29.8. The van der Waals surface area contributed by atoms with Gasteiger partial charge in [0.15, 0.2) is 5.60 Å². The molecule has 10 heteroatoms. The summed E-state index contributed by atoms with van der Waals surface area (Å²) in [6.45, 7) is 6.33. The molecule has 3 aromatic carbocycles. The van der Waals surface area contributed by atoms with Gasteiger partial charge in [0, 0.05) is 48.8 Å². The van der Waals surface area contributed by atoms with Gasteiger partial charge in [0.2, 0.25) is 20.2 Å². The Kier molecular flexibility index (Phi) is 10.4. The highest BCUT2D eigenvalue weighted by Gasteiger charge is 2.67. The molecular weight excluding hydrogens is 638 g/mol. The molecular formula is C39H48FN3O5Si. The number of anilines is 2. The average molecular weight is 686 g/mol. The van der Waals surface area contributed by atoms with Crippen molar-refractivity contribution in [3.63, 3.8) is 0 Å². The second-order valence-electron chi connectivity index (χ2n) is 14.3. The van der Waals surface area contributed by atoms with E-state index in [2.05, 4.69) is 0 Å². The van der Waals surface area contributed by atoms with Crippen LogP contribution >= 0.6 is 0 Å². The fourth-order valence-electron chi connectivity index (χ4n) is 8.31. The fraction of sp³-hybridized carbons (Fsp3) is 0.462. The van der Waals surface area contributed by atoms with Crippen LogP contribution in [0.2, 0.25) is 18.6 Å². The highest BCUT2D eigenvalue weighted by molar-refractivity contribution is 6.72. The van der Waals surface area contributed by atoms with Gasteiger partial charge in [0.25, 0.3) is 5.91 Å². The summed E-state index contributed by atoms with van der Waals surface area (Å²) in [5.74, 6) is -0.913. The Morgan fingerprint density at radius 1 is 0.980 bits per heavy atom. The van der Waals surface area contributed by atoms with Crippen LogP contribution in [0.4, 0.5) is 15.5 Å². The normalized spacial score (nSPS) is 24.2. The van der Waals surface area contributed by atoms with Gasteiger partial charge in [-0.2, -0.15) is 0 Å². The molecule has 0 aromatic heterocycles. The molecule has 1 N–H and O–H groups in total. The number of aliphatic hydroxyl groups is 1. The van der Waals surface area contributed by atoms with Gasteiger partial charge in [0.05, 0.1) is 31.4 Å². The number of nitrogens with zero attached hydrogens (tertiary/aromatic N) is 3. The van der Waals surface area contributed by atoms with Gasteiger partial charge in [-0.1, -0.05) is 80.4 Å². The van der Waals surface area contributed by atoms with E-state index in [1.807, 2.05) is 90.7 Å². The highest BCUT2D eigenvalue weighted by Crippen LogP contribution is 2.60. The molecule has 3 heterocycles. The Morgan fingerprint density at radius 2 is 1.69 bits per heavy atom. The molecule has 0 aliphatic carbocycles. The zero-order chi connectivity index (χ0) is 34.8. The van der Waals surface area contributed by atoms with Gasteiger partial charge >= 0.3 is 0 Å². The topological polar surface area (TPSA) is 90.4 Å². The number of rotatable bonds is 10. The minimum absolute atomic E-state index is 0.0920. The van der Waals surface area contributed by atoms with E-state index >= 15 is 4.11 Å². The first-order chi connectivity index (χ1) is 23.5. The summed E-state index contributed by atoms with van der Waals surface area (Å²) in [6.07, 6.45) is 3.65. The van der Waals surface area contributed by atoms with E-state index in [0.717, 1.165) is 42.5 Å². The number of ether oxygens (including phenoxy) is 1. The average Bonchev–Trinajstić information content (AvgIpc) is 3.49. The maximum Gasteiger partial charge on any atom is 0.264 e. The van der Waals surface area contributed by atoms with Crippen LogP contribution in [0.3, 0.4) is 0 Å². The van der Waals surface area contributed by atoms with Crippen molar-refractivity contribution in [2.45, 2.75) is 88.9 Å². The molecule has 260 valence electrons. The second-order valence-corrected chi connectivity index (χ2v) is 18.1. The van der Waals surface area contributed by atoms with Crippen LogP contribution in [0.5, 0.6) is 0 Å². The van der Waals surface area contributed by atoms with E-state index in [4.69, 9.17) is 4.74 Å². The number of carbonyl (C=O) groups excluding carboxylic acids is 3. The van der Waals surface area contributed by atoms with E-state index in [0.29, 0.717) is 30.8 Å². The number of hydrogen-bond donors (Lipinski definition) is 1. The minimum atomic E-state index is -3.48. The van der Waals surface area contributed by atoms with Crippen molar-refractivity contribution in [2.75, 3.05) is 29.5 Å². The zero-order valence-electron chi connectivity index (χ0n) is 28.8. The molecule has 1 spiro atoms. The Hall–Kier alpha value is -3.86. The maximum atomic E-state index is 16.4. The van der Waals surface area contributed by atoms with Crippen molar-refractivity contribution in [1.29, 1.82) is 0 Å². The molecule has 3 amide bonds. The molecule has 3 aliphatic rings. The quantitative estimate of drug-likeness (QED) is 0.189. The standard InChI is InChI=1S/C39H48FN3O5Si/c1-28-37(49(2,3)40)34(25-36(46)41(22-23-44)26-29-14-7-6-8-15-29)48-39(28)32-18-10-11-19-33(32)43(38(39)47)27-30-16-13-17-31(24-30)42-21-12-5-4-9-20-35(42)45/h6-8,10-11,13-19,24,28,34,37,44H,4-5,9,12,20-23,25-27H2,1-3H3/t28-,34+,37-,39+/m0/s1. The molecule has 3 aromatic rings. The van der Waals surface area contributed by atoms with Crippen LogP contribution in [-0.4, -0.2) is 61.9 Å². The van der Waals surface area contributed by atoms with Crippen molar-refractivity contribution >= 4 is 37.5 Å². The molecule has 0 saturated carbocycles. The summed E-state index contributed by atoms with van der Waals surface area (Å²) in [6, 6.07) is 24.9. The van der Waals surface area contributed by atoms with E-state index in [1.165, 1.54) is 0 Å². The third-order valence-electron chi connectivity index (χ3n) is 10.6. The molecule has 0 bridgehead atoms. The van der Waals surface area contributed by atoms with Crippen molar-refractivity contribution < 1.29 is 28.3 Å². The van der Waals surface area contributed by atoms with Crippen LogP contribution in [0.1, 0.15) is 62.1 Å². The first-order valence-electron chi connectivity index (χ1n) is 17.6. The number of halogens is 1. The smallest absolute Gasteiger partial charge is 0.264 e. The van der Waals surface area contributed by atoms with Crippen LogP contribution in [0.15, 0.2) is 78.9 Å². The van der Waals surface area contributed by atoms with Gasteiger partial charge in [-0.15, -0.1) is 0 Å². The number of hydrogen-bond acceptors (Lipinski definition) is 5. The van der Waals surface area contributed by atoms with Crippen molar-refractivity contribution in [2.24, 2.45) is 5.92 Å². The Morgan fingerprint density at radius 3 is 2.45 bits per heavy atom. The summed E-state index contributed by atoms with van der Waals surface area (Å²) in [4.78, 5) is 46.8. The van der Waals surface area contributed by atoms with Gasteiger partial charge in [-0.05, 0) is 55.3 Å². The largest absolute Gasteiger partial charge is 0.395 e. The van der Waals surface area contributed by atoms with Crippen LogP contribution < -0.4 is 9.80 Å². The van der Waals surface area contributed by atoms with E-state index in [1.54, 1.807) is 22.9 Å². The van der Waals surface area contributed by atoms with Crippen molar-refractivity contribution in [3.8, 4) is 0 Å². The molecule has 4 atom stereocenters. The summed E-state index contributed by atoms with van der Waals surface area (Å²) in [7, 11) is -3.48. The van der Waals surface area contributed by atoms with E-state index in [9.17, 15) is 19.5 Å². The maximum absolute atomic E-state index is 16.4. The molecule has 2 fully saturated rings. The van der Waals surface area contributed by atoms with Crippen LogP contribution in [0.25, 0.3) is 0 Å². The molecule has 2 saturated heterocycles. The van der Waals surface area contributed by atoms with Gasteiger partial charge in [0.1, 0.15) is 0 Å².